The smallest absolute Gasteiger partial charge is 0.156 e. The van der Waals surface area contributed by atoms with Crippen molar-refractivity contribution in [1.29, 1.82) is 0 Å². The van der Waals surface area contributed by atoms with Crippen molar-refractivity contribution in [3.8, 4) is 5.75 Å². The molecule has 0 fully saturated rings. The van der Waals surface area contributed by atoms with E-state index < -0.39 is 0 Å². The number of nitrogens with two attached hydrogens (primary N) is 1. The van der Waals surface area contributed by atoms with Gasteiger partial charge in [-0.1, -0.05) is 23.7 Å². The van der Waals surface area contributed by atoms with Gasteiger partial charge in [0.2, 0.25) is 0 Å². The Morgan fingerprint density at radius 2 is 1.94 bits per heavy atom. The van der Waals surface area contributed by atoms with E-state index in [2.05, 4.69) is 15.1 Å². The van der Waals surface area contributed by atoms with Gasteiger partial charge in [-0.25, -0.2) is 9.97 Å². The summed E-state index contributed by atoms with van der Waals surface area (Å²) in [6.07, 6.45) is 2.94. The number of hydrogen-bond acceptors (Lipinski definition) is 5. The lowest BCUT2D eigenvalue weighted by atomic mass is 10.1. The third kappa shape index (κ3) is 2.19. The molecule has 0 saturated heterocycles. The van der Waals surface area contributed by atoms with Crippen LogP contribution in [0.5, 0.6) is 5.75 Å². The zero-order chi connectivity index (χ0) is 12.3. The van der Waals surface area contributed by atoms with Gasteiger partial charge in [0, 0.05) is 18.0 Å². The lowest BCUT2D eigenvalue weighted by Crippen LogP contribution is -2.10. The summed E-state index contributed by atoms with van der Waals surface area (Å²) in [5.74, 6) is 5.38. The summed E-state index contributed by atoms with van der Waals surface area (Å²) in [6.45, 7) is 0. The Morgan fingerprint density at radius 3 is 2.59 bits per heavy atom. The second-order valence-electron chi connectivity index (χ2n) is 3.19. The van der Waals surface area contributed by atoms with Gasteiger partial charge in [-0.3, -0.25) is 0 Å². The van der Waals surface area contributed by atoms with E-state index in [9.17, 15) is 5.11 Å². The fraction of sp³-hybridized carbons (Fsp3) is 0. The Kier molecular flexibility index (Phi) is 3.20. The van der Waals surface area contributed by atoms with Gasteiger partial charge in [0.05, 0.1) is 0 Å². The maximum absolute atomic E-state index is 9.74. The monoisotopic (exact) mass is 248 g/mol. The van der Waals surface area contributed by atoms with Crippen molar-refractivity contribution in [3.05, 3.63) is 53.1 Å². The molecule has 1 aromatic carbocycles. The average molecular weight is 249 g/mol. The summed E-state index contributed by atoms with van der Waals surface area (Å²) in [6, 6.07) is 6.66. The molecule has 17 heavy (non-hydrogen) atoms. The first-order valence-electron chi connectivity index (χ1n) is 4.77. The van der Waals surface area contributed by atoms with Gasteiger partial charge in [-0.05, 0) is 12.1 Å². The zero-order valence-corrected chi connectivity index (χ0v) is 9.46. The molecule has 2 rings (SSSR count). The topological polar surface area (TPSA) is 84.4 Å². The molecular weight excluding hydrogens is 240 g/mol. The summed E-state index contributed by atoms with van der Waals surface area (Å²) in [7, 11) is 0. The molecular formula is C11H9ClN4O. The number of phenols is 1. The highest BCUT2D eigenvalue weighted by Gasteiger charge is 2.15. The highest BCUT2D eigenvalue weighted by molar-refractivity contribution is 6.34. The molecule has 1 aromatic heterocycles. The Labute approximate surface area is 103 Å². The molecule has 2 aromatic rings. The second-order valence-corrected chi connectivity index (χ2v) is 3.55. The van der Waals surface area contributed by atoms with Crippen molar-refractivity contribution in [3.63, 3.8) is 0 Å². The highest BCUT2D eigenvalue weighted by atomic mass is 35.5. The van der Waals surface area contributed by atoms with Gasteiger partial charge in [0.15, 0.2) is 5.15 Å². The maximum atomic E-state index is 9.74. The van der Waals surface area contributed by atoms with E-state index >= 15 is 0 Å². The standard InChI is InChI=1S/C11H9ClN4O/c12-11-10(14-5-6-15-11)9(16-13)7-3-1-2-4-8(7)17/h1-6,17H,13H2/b16-9+. The van der Waals surface area contributed by atoms with E-state index in [-0.39, 0.29) is 10.9 Å². The molecule has 0 atom stereocenters. The number of aromatic hydroxyl groups is 1. The number of para-hydroxylation sites is 1. The fourth-order valence-corrected chi connectivity index (χ4v) is 1.61. The first-order chi connectivity index (χ1) is 8.24. The van der Waals surface area contributed by atoms with Crippen LogP contribution in [0, 0.1) is 0 Å². The number of hydrogen-bond donors (Lipinski definition) is 2. The Bertz CT molecular complexity index is 523. The minimum atomic E-state index is 0.0541. The van der Waals surface area contributed by atoms with Crippen LogP contribution < -0.4 is 5.84 Å². The number of hydrazone groups is 1. The van der Waals surface area contributed by atoms with E-state index in [0.29, 0.717) is 17.0 Å². The lowest BCUT2D eigenvalue weighted by molar-refractivity contribution is 0.474. The number of phenolic OH excluding ortho intramolecular Hbond substituents is 1. The highest BCUT2D eigenvalue weighted by Crippen LogP contribution is 2.22. The van der Waals surface area contributed by atoms with E-state index in [1.165, 1.54) is 18.5 Å². The van der Waals surface area contributed by atoms with Crippen LogP contribution in [0.25, 0.3) is 0 Å². The summed E-state index contributed by atoms with van der Waals surface area (Å²) >= 11 is 5.91. The van der Waals surface area contributed by atoms with Crippen molar-refractivity contribution in [2.24, 2.45) is 10.9 Å². The Balaban J connectivity index is 2.57. The van der Waals surface area contributed by atoms with Crippen LogP contribution in [0.15, 0.2) is 41.8 Å². The van der Waals surface area contributed by atoms with Gasteiger partial charge in [0.1, 0.15) is 17.2 Å². The van der Waals surface area contributed by atoms with Crippen LogP contribution in [0.2, 0.25) is 5.15 Å². The number of halogens is 1. The van der Waals surface area contributed by atoms with Crippen molar-refractivity contribution < 1.29 is 5.11 Å². The Morgan fingerprint density at radius 1 is 1.24 bits per heavy atom. The molecule has 0 saturated carbocycles. The molecule has 5 nitrogen and oxygen atoms in total. The number of rotatable bonds is 2. The van der Waals surface area contributed by atoms with Crippen molar-refractivity contribution >= 4 is 17.3 Å². The van der Waals surface area contributed by atoms with Gasteiger partial charge < -0.3 is 10.9 Å². The summed E-state index contributed by atoms with van der Waals surface area (Å²) in [4.78, 5) is 7.94. The van der Waals surface area contributed by atoms with Crippen LogP contribution in [-0.4, -0.2) is 20.8 Å². The summed E-state index contributed by atoms with van der Waals surface area (Å²) in [5.41, 5.74) is 1.08. The first-order valence-corrected chi connectivity index (χ1v) is 5.15. The van der Waals surface area contributed by atoms with Crippen molar-refractivity contribution in [2.75, 3.05) is 0 Å². The molecule has 1 heterocycles. The van der Waals surface area contributed by atoms with E-state index in [4.69, 9.17) is 17.4 Å². The molecule has 0 aliphatic heterocycles. The zero-order valence-electron chi connectivity index (χ0n) is 8.71. The van der Waals surface area contributed by atoms with Crippen LogP contribution >= 0.6 is 11.6 Å². The second kappa shape index (κ2) is 4.80. The minimum Gasteiger partial charge on any atom is -0.507 e. The van der Waals surface area contributed by atoms with E-state index in [1.54, 1.807) is 18.2 Å². The molecule has 0 aliphatic carbocycles. The molecule has 0 amide bonds. The summed E-state index contributed by atoms with van der Waals surface area (Å²) in [5, 5.41) is 13.5. The van der Waals surface area contributed by atoms with Crippen LogP contribution in [0.4, 0.5) is 0 Å². The summed E-state index contributed by atoms with van der Waals surface area (Å²) < 4.78 is 0. The van der Waals surface area contributed by atoms with Gasteiger partial charge >= 0.3 is 0 Å². The molecule has 0 radical (unpaired) electrons. The quantitative estimate of drug-likeness (QED) is 0.480. The molecule has 0 aliphatic rings. The lowest BCUT2D eigenvalue weighted by Gasteiger charge is -2.07. The van der Waals surface area contributed by atoms with E-state index in [0.717, 1.165) is 0 Å². The Hall–Kier alpha value is -2.14. The molecule has 6 heteroatoms. The maximum Gasteiger partial charge on any atom is 0.156 e. The van der Waals surface area contributed by atoms with E-state index in [1.807, 2.05) is 0 Å². The number of nitrogens with zero attached hydrogens (tertiary/aromatic N) is 3. The third-order valence-electron chi connectivity index (χ3n) is 2.17. The van der Waals surface area contributed by atoms with Crippen molar-refractivity contribution in [1.82, 2.24) is 9.97 Å². The average Bonchev–Trinajstić information content (AvgIpc) is 2.34. The van der Waals surface area contributed by atoms with Crippen LogP contribution in [-0.2, 0) is 0 Å². The molecule has 86 valence electrons. The molecule has 0 unspecified atom stereocenters. The predicted octanol–water partition coefficient (Wildman–Crippen LogP) is 1.55. The van der Waals surface area contributed by atoms with Crippen LogP contribution in [0.1, 0.15) is 11.3 Å². The molecule has 3 N–H and O–H groups in total. The number of benzene rings is 1. The third-order valence-corrected chi connectivity index (χ3v) is 2.44. The van der Waals surface area contributed by atoms with Crippen LogP contribution in [0.3, 0.4) is 0 Å². The van der Waals surface area contributed by atoms with Crippen molar-refractivity contribution in [2.45, 2.75) is 0 Å². The SMILES string of the molecule is N/N=C(\c1ccccc1O)c1nccnc1Cl. The minimum absolute atomic E-state index is 0.0541. The fourth-order valence-electron chi connectivity index (χ4n) is 1.41. The largest absolute Gasteiger partial charge is 0.507 e. The normalized spacial score (nSPS) is 11.5. The predicted molar refractivity (Wildman–Crippen MR) is 65.0 cm³/mol. The van der Waals surface area contributed by atoms with Gasteiger partial charge in [-0.15, -0.1) is 0 Å². The molecule has 0 bridgehead atoms. The van der Waals surface area contributed by atoms with Gasteiger partial charge in [-0.2, -0.15) is 5.10 Å². The molecule has 0 spiro atoms. The number of aromatic nitrogens is 2. The van der Waals surface area contributed by atoms with Gasteiger partial charge in [0.25, 0.3) is 0 Å². The first kappa shape index (κ1) is 11.3.